The Morgan fingerprint density at radius 2 is 2.03 bits per heavy atom. The molecule has 1 amide bonds. The number of nitrogens with zero attached hydrogens (tertiary/aromatic N) is 4. The van der Waals surface area contributed by atoms with E-state index in [1.807, 2.05) is 13.0 Å². The lowest BCUT2D eigenvalue weighted by atomic mass is 10.0. The number of imidazole rings is 1. The molecule has 11 heteroatoms. The van der Waals surface area contributed by atoms with Gasteiger partial charge in [0.05, 0.1) is 18.8 Å². The number of halogens is 3. The summed E-state index contributed by atoms with van der Waals surface area (Å²) in [6, 6.07) is 11.6. The van der Waals surface area contributed by atoms with Gasteiger partial charge in [-0.3, -0.25) is 4.79 Å². The molecule has 5 rings (SSSR count). The third kappa shape index (κ3) is 5.22. The average molecular weight is 528 g/mol. The van der Waals surface area contributed by atoms with Gasteiger partial charge in [-0.15, -0.1) is 16.9 Å². The molecule has 2 N–H and O–H groups in total. The van der Waals surface area contributed by atoms with Gasteiger partial charge in [0.15, 0.2) is 22.9 Å². The summed E-state index contributed by atoms with van der Waals surface area (Å²) in [6.07, 6.45) is 0.455. The van der Waals surface area contributed by atoms with Gasteiger partial charge in [0, 0.05) is 17.9 Å². The molecule has 192 valence electrons. The molecule has 37 heavy (non-hydrogen) atoms. The summed E-state index contributed by atoms with van der Waals surface area (Å²) in [5.41, 5.74) is 1.76. The van der Waals surface area contributed by atoms with Crippen LogP contribution in [0.5, 0.6) is 5.75 Å². The van der Waals surface area contributed by atoms with Crippen molar-refractivity contribution in [2.24, 2.45) is 0 Å². The number of benzene rings is 2. The number of anilines is 1. The summed E-state index contributed by atoms with van der Waals surface area (Å²) in [5.74, 6) is -0.881. The second kappa shape index (κ2) is 10.3. The largest absolute Gasteiger partial charge is 0.505 e. The molecule has 1 aliphatic rings. The molecule has 0 radical (unpaired) electrons. The van der Waals surface area contributed by atoms with E-state index in [0.717, 1.165) is 16.7 Å². The second-order valence-electron chi connectivity index (χ2n) is 8.73. The van der Waals surface area contributed by atoms with Gasteiger partial charge in [0.1, 0.15) is 17.8 Å². The first-order valence-corrected chi connectivity index (χ1v) is 12.8. The topological polar surface area (TPSA) is 82.8 Å². The zero-order valence-corrected chi connectivity index (χ0v) is 20.7. The van der Waals surface area contributed by atoms with E-state index < -0.39 is 29.7 Å². The number of phenolic OH excluding ortho intramolecular Hbond substituents is 1. The predicted octanol–water partition coefficient (Wildman–Crippen LogP) is 5.04. The normalized spacial score (nSPS) is 17.5. The number of carbonyl (C=O) groups is 1. The number of alkyl halides is 1. The standard InChI is InChI=1S/C26H24F3N5O2S/c1-2-37-19-9-16(8-17(27)10-19)21-11-18(28)14-33(21)25-6-5-24-30-13-22(34(24)32-25)26(36)31-12-15-3-4-20(29)23(35)7-15/h3-10,13,18,21,35H,2,11-12,14H2,1H3,(H,31,36)/t18-,21+/m0/s1. The van der Waals surface area contributed by atoms with Crippen LogP contribution in [0.3, 0.4) is 0 Å². The Morgan fingerprint density at radius 3 is 2.81 bits per heavy atom. The number of aromatic nitrogens is 3. The number of carbonyl (C=O) groups excluding carboxylic acids is 1. The number of phenols is 1. The van der Waals surface area contributed by atoms with Gasteiger partial charge in [0.2, 0.25) is 0 Å². The van der Waals surface area contributed by atoms with E-state index in [4.69, 9.17) is 0 Å². The number of hydrogen-bond acceptors (Lipinski definition) is 6. The molecule has 2 aromatic carbocycles. The molecule has 1 aliphatic heterocycles. The molecule has 4 aromatic rings. The van der Waals surface area contributed by atoms with Crippen LogP contribution < -0.4 is 10.2 Å². The smallest absolute Gasteiger partial charge is 0.271 e. The maximum atomic E-state index is 14.6. The summed E-state index contributed by atoms with van der Waals surface area (Å²) >= 11 is 1.52. The Labute approximate surface area is 215 Å². The maximum Gasteiger partial charge on any atom is 0.271 e. The van der Waals surface area contributed by atoms with Crippen LogP contribution in [-0.2, 0) is 6.54 Å². The van der Waals surface area contributed by atoms with Crippen molar-refractivity contribution in [2.45, 2.75) is 37.0 Å². The first-order valence-electron chi connectivity index (χ1n) is 11.8. The third-order valence-corrected chi connectivity index (χ3v) is 7.04. The van der Waals surface area contributed by atoms with Crippen molar-refractivity contribution < 1.29 is 23.1 Å². The lowest BCUT2D eigenvalue weighted by Crippen LogP contribution is -2.27. The number of rotatable bonds is 7. The van der Waals surface area contributed by atoms with Crippen LogP contribution in [0.1, 0.15) is 41.0 Å². The van der Waals surface area contributed by atoms with Crippen molar-refractivity contribution in [2.75, 3.05) is 17.2 Å². The minimum atomic E-state index is -1.12. The van der Waals surface area contributed by atoms with Gasteiger partial charge < -0.3 is 15.3 Å². The zero-order valence-electron chi connectivity index (χ0n) is 19.9. The van der Waals surface area contributed by atoms with Crippen LogP contribution in [0, 0.1) is 11.6 Å². The van der Waals surface area contributed by atoms with Crippen LogP contribution in [0.25, 0.3) is 5.65 Å². The highest BCUT2D eigenvalue weighted by Gasteiger charge is 2.35. The number of aromatic hydroxyl groups is 1. The van der Waals surface area contributed by atoms with Gasteiger partial charge >= 0.3 is 0 Å². The number of thioether (sulfide) groups is 1. The first-order chi connectivity index (χ1) is 17.8. The molecule has 2 atom stereocenters. The van der Waals surface area contributed by atoms with Gasteiger partial charge in [-0.05, 0) is 59.3 Å². The van der Waals surface area contributed by atoms with E-state index in [1.165, 1.54) is 46.7 Å². The molecule has 1 fully saturated rings. The number of fused-ring (bicyclic) bond motifs is 1. The van der Waals surface area contributed by atoms with Crippen molar-refractivity contribution >= 4 is 29.1 Å². The predicted molar refractivity (Wildman–Crippen MR) is 135 cm³/mol. The molecular formula is C26H24F3N5O2S. The van der Waals surface area contributed by atoms with Gasteiger partial charge in [-0.2, -0.15) is 0 Å². The average Bonchev–Trinajstić information content (AvgIpc) is 3.47. The molecular weight excluding hydrogens is 503 g/mol. The van der Waals surface area contributed by atoms with Crippen molar-refractivity contribution in [1.82, 2.24) is 19.9 Å². The lowest BCUT2D eigenvalue weighted by Gasteiger charge is -2.26. The Morgan fingerprint density at radius 1 is 1.19 bits per heavy atom. The third-order valence-electron chi connectivity index (χ3n) is 6.18. The lowest BCUT2D eigenvalue weighted by molar-refractivity contribution is 0.0944. The Kier molecular flexibility index (Phi) is 6.96. The summed E-state index contributed by atoms with van der Waals surface area (Å²) in [6.45, 7) is 2.12. The highest BCUT2D eigenvalue weighted by atomic mass is 32.2. The quantitative estimate of drug-likeness (QED) is 0.328. The summed E-state index contributed by atoms with van der Waals surface area (Å²) in [7, 11) is 0. The number of hydrogen-bond donors (Lipinski definition) is 2. The fourth-order valence-corrected chi connectivity index (χ4v) is 5.24. The SMILES string of the molecule is CCSc1cc(F)cc([C@H]2C[C@H](F)CN2c2ccc3ncc(C(=O)NCc4ccc(F)c(O)c4)n3n2)c1. The molecule has 0 spiro atoms. The van der Waals surface area contributed by atoms with Crippen LogP contribution >= 0.6 is 11.8 Å². The molecule has 1 saturated heterocycles. The number of nitrogens with one attached hydrogen (secondary N) is 1. The molecule has 0 aliphatic carbocycles. The fourth-order valence-electron chi connectivity index (χ4n) is 4.49. The van der Waals surface area contributed by atoms with Crippen LogP contribution in [0.4, 0.5) is 19.0 Å². The molecule has 2 aromatic heterocycles. The van der Waals surface area contributed by atoms with Crippen LogP contribution in [0.2, 0.25) is 0 Å². The number of amides is 1. The minimum Gasteiger partial charge on any atom is -0.505 e. The van der Waals surface area contributed by atoms with Crippen molar-refractivity contribution in [1.29, 1.82) is 0 Å². The first kappa shape index (κ1) is 24.9. The summed E-state index contributed by atoms with van der Waals surface area (Å²) in [4.78, 5) is 19.7. The molecule has 0 unspecified atom stereocenters. The Bertz CT molecular complexity index is 1460. The summed E-state index contributed by atoms with van der Waals surface area (Å²) in [5, 5.41) is 16.8. The zero-order chi connectivity index (χ0) is 26.1. The van der Waals surface area contributed by atoms with Gasteiger partial charge in [-0.1, -0.05) is 13.0 Å². The molecule has 0 saturated carbocycles. The van der Waals surface area contributed by atoms with Crippen molar-refractivity contribution in [3.63, 3.8) is 0 Å². The van der Waals surface area contributed by atoms with Crippen LogP contribution in [0.15, 0.2) is 59.6 Å². The van der Waals surface area contributed by atoms with Crippen molar-refractivity contribution in [3.8, 4) is 5.75 Å². The highest BCUT2D eigenvalue weighted by molar-refractivity contribution is 7.99. The maximum absolute atomic E-state index is 14.6. The van der Waals surface area contributed by atoms with Gasteiger partial charge in [0.25, 0.3) is 5.91 Å². The molecule has 7 nitrogen and oxygen atoms in total. The monoisotopic (exact) mass is 527 g/mol. The second-order valence-corrected chi connectivity index (χ2v) is 10.1. The van der Waals surface area contributed by atoms with Crippen molar-refractivity contribution in [3.05, 3.63) is 83.2 Å². The highest BCUT2D eigenvalue weighted by Crippen LogP contribution is 2.38. The minimum absolute atomic E-state index is 0.0506. The van der Waals surface area contributed by atoms with E-state index >= 15 is 0 Å². The van der Waals surface area contributed by atoms with E-state index in [1.54, 1.807) is 17.0 Å². The van der Waals surface area contributed by atoms with E-state index in [0.29, 0.717) is 22.6 Å². The van der Waals surface area contributed by atoms with E-state index in [2.05, 4.69) is 15.4 Å². The van der Waals surface area contributed by atoms with E-state index in [9.17, 15) is 23.1 Å². The Balaban J connectivity index is 1.41. The molecule has 0 bridgehead atoms. The van der Waals surface area contributed by atoms with Gasteiger partial charge in [-0.25, -0.2) is 22.7 Å². The van der Waals surface area contributed by atoms with Crippen LogP contribution in [-0.4, -0.2) is 44.1 Å². The fraction of sp³-hybridized carbons (Fsp3) is 0.269. The summed E-state index contributed by atoms with van der Waals surface area (Å²) < 4.78 is 43.6. The van der Waals surface area contributed by atoms with E-state index in [-0.39, 0.29) is 31.0 Å². The Hall–Kier alpha value is -3.73. The molecule has 3 heterocycles.